The maximum absolute atomic E-state index is 13.3. The van der Waals surface area contributed by atoms with Crippen LogP contribution in [0.3, 0.4) is 0 Å². The Balaban J connectivity index is 1.88. The zero-order valence-corrected chi connectivity index (χ0v) is 27.7. The normalized spacial score (nSPS) is 13.8. The van der Waals surface area contributed by atoms with Gasteiger partial charge in [0.15, 0.2) is 0 Å². The summed E-state index contributed by atoms with van der Waals surface area (Å²) in [5.74, 6) is -3.40. The smallest absolute Gasteiger partial charge is 0.312 e. The second-order valence-electron chi connectivity index (χ2n) is 11.6. The van der Waals surface area contributed by atoms with Crippen LogP contribution < -0.4 is 27.0 Å². The molecule has 0 aliphatic carbocycles. The lowest BCUT2D eigenvalue weighted by Gasteiger charge is -2.25. The zero-order valence-electron chi connectivity index (χ0n) is 27.7. The van der Waals surface area contributed by atoms with E-state index in [9.17, 15) is 33.6 Å². The summed E-state index contributed by atoms with van der Waals surface area (Å²) in [5, 5.41) is 10.5. The number of anilines is 1. The average molecular weight is 675 g/mol. The van der Waals surface area contributed by atoms with Crippen LogP contribution in [-0.4, -0.2) is 98.0 Å². The van der Waals surface area contributed by atoms with Crippen LogP contribution in [0.25, 0.3) is 0 Å². The van der Waals surface area contributed by atoms with Gasteiger partial charge in [-0.2, -0.15) is 0 Å². The van der Waals surface area contributed by atoms with Gasteiger partial charge in [-0.25, -0.2) is 4.79 Å². The number of urea groups is 1. The Bertz CT molecular complexity index is 1300. The third-order valence-corrected chi connectivity index (χ3v) is 6.91. The number of amides is 7. The number of nitrogens with one attached hydrogen (secondary N) is 4. The van der Waals surface area contributed by atoms with Gasteiger partial charge in [-0.15, -0.1) is 0 Å². The number of nitrogens with zero attached hydrogens (tertiary/aromatic N) is 1. The van der Waals surface area contributed by atoms with Gasteiger partial charge in [0.2, 0.25) is 17.7 Å². The van der Waals surface area contributed by atoms with E-state index in [0.717, 1.165) is 10.5 Å². The van der Waals surface area contributed by atoms with Crippen LogP contribution in [0.2, 0.25) is 0 Å². The van der Waals surface area contributed by atoms with Crippen LogP contribution in [-0.2, 0) is 49.6 Å². The molecule has 0 fully saturated rings. The molecule has 48 heavy (non-hydrogen) atoms. The van der Waals surface area contributed by atoms with E-state index in [0.29, 0.717) is 12.1 Å². The second kappa shape index (κ2) is 20.4. The van der Waals surface area contributed by atoms with Crippen molar-refractivity contribution in [1.29, 1.82) is 0 Å². The molecule has 2 rings (SSSR count). The molecule has 1 aromatic rings. The van der Waals surface area contributed by atoms with Crippen LogP contribution >= 0.6 is 0 Å². The molecule has 0 radical (unpaired) electrons. The van der Waals surface area contributed by atoms with E-state index in [1.807, 2.05) is 0 Å². The molecule has 264 valence electrons. The minimum atomic E-state index is -1.02. The minimum absolute atomic E-state index is 0.0533. The molecule has 6 N–H and O–H groups in total. The molecule has 1 heterocycles. The summed E-state index contributed by atoms with van der Waals surface area (Å²) < 4.78 is 15.9. The van der Waals surface area contributed by atoms with Crippen LogP contribution in [0.4, 0.5) is 10.5 Å². The first-order chi connectivity index (χ1) is 22.8. The molecular weight excluding hydrogens is 628 g/mol. The summed E-state index contributed by atoms with van der Waals surface area (Å²) >= 11 is 0. The van der Waals surface area contributed by atoms with Gasteiger partial charge in [0.1, 0.15) is 25.3 Å². The number of esters is 1. The SMILES string of the molecule is CC(C)C(=O)OCc1ccc(NC(=O)[C@H](CCCNC(N)=O)NC(=O)[C@@H](NC(=O)COCCOCCN2C(=O)C=CC2=O)C(C)C)cc1. The first kappa shape index (κ1) is 39.3. The third-order valence-electron chi connectivity index (χ3n) is 6.91. The predicted octanol–water partition coefficient (Wildman–Crippen LogP) is 0.357. The maximum Gasteiger partial charge on any atom is 0.312 e. The lowest BCUT2D eigenvalue weighted by atomic mass is 10.0. The van der Waals surface area contributed by atoms with E-state index < -0.39 is 47.7 Å². The maximum atomic E-state index is 13.3. The standard InChI is InChI=1S/C32H46N6O10/c1-20(2)28(37-25(39)19-47-17-16-46-15-14-38-26(40)11-12-27(38)41)30(43)36-24(6-5-13-34-32(33)45)29(42)35-23-9-7-22(8-10-23)18-48-31(44)21(3)4/h7-12,20-21,24,28H,5-6,13-19H2,1-4H3,(H,35,42)(H,36,43)(H,37,39)(H3,33,34,45)/t24-,28-/m0/s1. The Kier molecular flexibility index (Phi) is 16.7. The van der Waals surface area contributed by atoms with Gasteiger partial charge in [0.05, 0.1) is 32.3 Å². The van der Waals surface area contributed by atoms with E-state index in [2.05, 4.69) is 21.3 Å². The Hall–Kier alpha value is -4.83. The Labute approximate surface area is 279 Å². The number of hydrogen-bond acceptors (Lipinski definition) is 10. The largest absolute Gasteiger partial charge is 0.461 e. The van der Waals surface area contributed by atoms with Gasteiger partial charge in [-0.1, -0.05) is 39.8 Å². The molecule has 16 heteroatoms. The van der Waals surface area contributed by atoms with E-state index in [1.54, 1.807) is 52.0 Å². The number of imide groups is 1. The molecule has 0 aromatic heterocycles. The lowest BCUT2D eigenvalue weighted by molar-refractivity contribution is -0.148. The van der Waals surface area contributed by atoms with Crippen molar-refractivity contribution in [1.82, 2.24) is 20.9 Å². The number of primary amides is 1. The number of rotatable bonds is 21. The molecule has 16 nitrogen and oxygen atoms in total. The van der Waals surface area contributed by atoms with Crippen molar-refractivity contribution in [2.45, 2.75) is 59.2 Å². The molecule has 0 bridgehead atoms. The number of carbonyl (C=O) groups excluding carboxylic acids is 7. The van der Waals surface area contributed by atoms with Crippen molar-refractivity contribution in [3.8, 4) is 0 Å². The van der Waals surface area contributed by atoms with Crippen molar-refractivity contribution in [2.24, 2.45) is 17.6 Å². The molecule has 1 aromatic carbocycles. The Morgan fingerprint density at radius 2 is 1.50 bits per heavy atom. The Morgan fingerprint density at radius 1 is 0.854 bits per heavy atom. The van der Waals surface area contributed by atoms with E-state index in [4.69, 9.17) is 19.9 Å². The quantitative estimate of drug-likeness (QED) is 0.0684. The van der Waals surface area contributed by atoms with Crippen molar-refractivity contribution < 1.29 is 47.8 Å². The first-order valence-corrected chi connectivity index (χ1v) is 15.7. The van der Waals surface area contributed by atoms with Gasteiger partial charge < -0.3 is 41.2 Å². The van der Waals surface area contributed by atoms with Crippen LogP contribution in [0, 0.1) is 11.8 Å². The van der Waals surface area contributed by atoms with Crippen molar-refractivity contribution in [3.63, 3.8) is 0 Å². The fourth-order valence-corrected chi connectivity index (χ4v) is 4.23. The fourth-order valence-electron chi connectivity index (χ4n) is 4.23. The summed E-state index contributed by atoms with van der Waals surface area (Å²) in [4.78, 5) is 86.0. The molecular formula is C32H46N6O10. The zero-order chi connectivity index (χ0) is 35.6. The summed E-state index contributed by atoms with van der Waals surface area (Å²) in [6.45, 7) is 7.21. The summed E-state index contributed by atoms with van der Waals surface area (Å²) in [7, 11) is 0. The number of benzene rings is 1. The summed E-state index contributed by atoms with van der Waals surface area (Å²) in [6.07, 6.45) is 2.84. The van der Waals surface area contributed by atoms with E-state index >= 15 is 0 Å². The van der Waals surface area contributed by atoms with E-state index in [1.165, 1.54) is 12.2 Å². The molecule has 2 atom stereocenters. The topological polar surface area (TPSA) is 225 Å². The molecule has 1 aliphatic heterocycles. The van der Waals surface area contributed by atoms with Gasteiger partial charge in [0, 0.05) is 24.4 Å². The van der Waals surface area contributed by atoms with Crippen LogP contribution in [0.1, 0.15) is 46.1 Å². The number of nitrogens with two attached hydrogens (primary N) is 1. The average Bonchev–Trinajstić information content (AvgIpc) is 3.35. The molecule has 7 amide bonds. The predicted molar refractivity (Wildman–Crippen MR) is 173 cm³/mol. The van der Waals surface area contributed by atoms with Gasteiger partial charge >= 0.3 is 12.0 Å². The van der Waals surface area contributed by atoms with Crippen molar-refractivity contribution >= 4 is 47.2 Å². The minimum Gasteiger partial charge on any atom is -0.461 e. The summed E-state index contributed by atoms with van der Waals surface area (Å²) in [5.41, 5.74) is 6.29. The van der Waals surface area contributed by atoms with Crippen molar-refractivity contribution in [2.75, 3.05) is 44.8 Å². The highest BCUT2D eigenvalue weighted by atomic mass is 16.5. The molecule has 0 saturated carbocycles. The van der Waals surface area contributed by atoms with Gasteiger partial charge in [0.25, 0.3) is 11.8 Å². The number of carbonyl (C=O) groups is 7. The van der Waals surface area contributed by atoms with Gasteiger partial charge in [-0.05, 0) is 36.5 Å². The van der Waals surface area contributed by atoms with Gasteiger partial charge in [-0.3, -0.25) is 33.7 Å². The summed E-state index contributed by atoms with van der Waals surface area (Å²) in [6, 6.07) is 3.94. The van der Waals surface area contributed by atoms with Crippen molar-refractivity contribution in [3.05, 3.63) is 42.0 Å². The molecule has 0 unspecified atom stereocenters. The first-order valence-electron chi connectivity index (χ1n) is 15.7. The highest BCUT2D eigenvalue weighted by molar-refractivity contribution is 6.12. The highest BCUT2D eigenvalue weighted by Gasteiger charge is 2.29. The molecule has 0 saturated heterocycles. The molecule has 1 aliphatic rings. The van der Waals surface area contributed by atoms with Crippen LogP contribution in [0.5, 0.6) is 0 Å². The highest BCUT2D eigenvalue weighted by Crippen LogP contribution is 2.13. The monoisotopic (exact) mass is 674 g/mol. The number of hydrogen-bond donors (Lipinski definition) is 5. The molecule has 0 spiro atoms. The van der Waals surface area contributed by atoms with Crippen LogP contribution in [0.15, 0.2) is 36.4 Å². The number of ether oxygens (including phenoxy) is 3. The second-order valence-corrected chi connectivity index (χ2v) is 11.6. The Morgan fingerprint density at radius 3 is 2.10 bits per heavy atom. The lowest BCUT2D eigenvalue weighted by Crippen LogP contribution is -2.55. The fraction of sp³-hybridized carbons (Fsp3) is 0.531. The van der Waals surface area contributed by atoms with E-state index in [-0.39, 0.29) is 70.3 Å². The third kappa shape index (κ3) is 14.3.